The fourth-order valence-corrected chi connectivity index (χ4v) is 2.06. The maximum Gasteiger partial charge on any atom is 0.266 e. The predicted octanol–water partition coefficient (Wildman–Crippen LogP) is 1.06. The van der Waals surface area contributed by atoms with E-state index in [1.807, 2.05) is 6.07 Å². The van der Waals surface area contributed by atoms with Crippen LogP contribution in [0.3, 0.4) is 0 Å². The number of nitrogens with zero attached hydrogens (tertiary/aromatic N) is 2. The Labute approximate surface area is 107 Å². The average Bonchev–Trinajstić information content (AvgIpc) is 3.22. The molecule has 1 fully saturated rings. The van der Waals surface area contributed by atoms with E-state index in [1.54, 1.807) is 12.3 Å². The van der Waals surface area contributed by atoms with Crippen LogP contribution in [0.5, 0.6) is 0 Å². The second-order valence-electron chi connectivity index (χ2n) is 4.71. The molecular weight excluding hydrogens is 228 g/mol. The molecule has 1 aromatic heterocycles. The minimum atomic E-state index is -0.304. The van der Waals surface area contributed by atoms with Crippen molar-refractivity contribution in [3.05, 3.63) is 29.6 Å². The van der Waals surface area contributed by atoms with Crippen LogP contribution in [0, 0.1) is 0 Å². The molecule has 3 N–H and O–H groups in total. The third kappa shape index (κ3) is 3.27. The fourth-order valence-electron chi connectivity index (χ4n) is 2.06. The van der Waals surface area contributed by atoms with E-state index < -0.39 is 0 Å². The molecule has 0 atom stereocenters. The number of nitrogens with two attached hydrogens (primary N) is 1. The van der Waals surface area contributed by atoms with Crippen LogP contribution in [0.25, 0.3) is 0 Å². The number of amides is 1. The lowest BCUT2D eigenvalue weighted by atomic mass is 10.2. The maximum atomic E-state index is 11.3. The minimum Gasteiger partial charge on any atom is -0.295 e. The van der Waals surface area contributed by atoms with E-state index in [0.29, 0.717) is 5.56 Å². The lowest BCUT2D eigenvalue weighted by Crippen LogP contribution is -2.30. The van der Waals surface area contributed by atoms with Gasteiger partial charge in [-0.25, -0.2) is 5.84 Å². The number of carbonyl (C=O) groups excluding carboxylic acids is 1. The minimum absolute atomic E-state index is 0.304. The normalized spacial score (nSPS) is 14.8. The summed E-state index contributed by atoms with van der Waals surface area (Å²) in [5.74, 6) is 4.77. The standard InChI is InChI=1S/C13H20N4O/c1-2-7-17(12-5-6-12)9-11-4-3-10(8-15-11)13(18)16-14/h3-4,8,12H,2,5-7,9,14H2,1H3,(H,16,18). The highest BCUT2D eigenvalue weighted by Crippen LogP contribution is 2.28. The van der Waals surface area contributed by atoms with Gasteiger partial charge in [0.1, 0.15) is 0 Å². The summed E-state index contributed by atoms with van der Waals surface area (Å²) in [5.41, 5.74) is 3.60. The van der Waals surface area contributed by atoms with Crippen LogP contribution in [0.4, 0.5) is 0 Å². The van der Waals surface area contributed by atoms with Crippen molar-refractivity contribution in [2.24, 2.45) is 5.84 Å². The first-order chi connectivity index (χ1) is 8.74. The van der Waals surface area contributed by atoms with Gasteiger partial charge in [0.15, 0.2) is 0 Å². The predicted molar refractivity (Wildman–Crippen MR) is 69.6 cm³/mol. The van der Waals surface area contributed by atoms with Crippen LogP contribution < -0.4 is 11.3 Å². The van der Waals surface area contributed by atoms with E-state index in [9.17, 15) is 4.79 Å². The molecule has 5 heteroatoms. The van der Waals surface area contributed by atoms with Gasteiger partial charge in [-0.2, -0.15) is 0 Å². The van der Waals surface area contributed by atoms with Gasteiger partial charge in [-0.3, -0.25) is 20.1 Å². The Morgan fingerprint density at radius 2 is 2.33 bits per heavy atom. The Morgan fingerprint density at radius 3 is 2.83 bits per heavy atom. The summed E-state index contributed by atoms with van der Waals surface area (Å²) in [5, 5.41) is 0. The Balaban J connectivity index is 1.98. The highest BCUT2D eigenvalue weighted by molar-refractivity contribution is 5.93. The molecule has 0 aromatic carbocycles. The maximum absolute atomic E-state index is 11.3. The molecule has 1 heterocycles. The topological polar surface area (TPSA) is 71.2 Å². The Hall–Kier alpha value is -1.46. The van der Waals surface area contributed by atoms with Crippen LogP contribution in [-0.2, 0) is 6.54 Å². The van der Waals surface area contributed by atoms with Crippen molar-refractivity contribution in [3.63, 3.8) is 0 Å². The third-order valence-corrected chi connectivity index (χ3v) is 3.16. The van der Waals surface area contributed by atoms with Gasteiger partial charge < -0.3 is 0 Å². The van der Waals surface area contributed by atoms with E-state index in [4.69, 9.17) is 5.84 Å². The van der Waals surface area contributed by atoms with Crippen molar-refractivity contribution < 1.29 is 4.79 Å². The summed E-state index contributed by atoms with van der Waals surface area (Å²) in [6, 6.07) is 4.40. The van der Waals surface area contributed by atoms with Crippen LogP contribution in [0.1, 0.15) is 42.2 Å². The highest BCUT2D eigenvalue weighted by Gasteiger charge is 2.28. The van der Waals surface area contributed by atoms with E-state index in [-0.39, 0.29) is 5.91 Å². The monoisotopic (exact) mass is 248 g/mol. The zero-order chi connectivity index (χ0) is 13.0. The molecule has 5 nitrogen and oxygen atoms in total. The van der Waals surface area contributed by atoms with Gasteiger partial charge in [0.25, 0.3) is 5.91 Å². The number of carbonyl (C=O) groups is 1. The first-order valence-electron chi connectivity index (χ1n) is 6.44. The molecule has 2 rings (SSSR count). The van der Waals surface area contributed by atoms with E-state index >= 15 is 0 Å². The number of hydrazine groups is 1. The van der Waals surface area contributed by atoms with Crippen molar-refractivity contribution in [2.75, 3.05) is 6.54 Å². The number of pyridine rings is 1. The van der Waals surface area contributed by atoms with Crippen LogP contribution >= 0.6 is 0 Å². The molecular formula is C13H20N4O. The van der Waals surface area contributed by atoms with Gasteiger partial charge in [-0.1, -0.05) is 6.92 Å². The lowest BCUT2D eigenvalue weighted by molar-refractivity contribution is 0.0953. The number of nitrogen functional groups attached to an aromatic ring is 1. The Morgan fingerprint density at radius 1 is 1.56 bits per heavy atom. The molecule has 0 bridgehead atoms. The second kappa shape index (κ2) is 5.93. The fraction of sp³-hybridized carbons (Fsp3) is 0.538. The van der Waals surface area contributed by atoms with Gasteiger partial charge in [0, 0.05) is 18.8 Å². The summed E-state index contributed by atoms with van der Waals surface area (Å²) >= 11 is 0. The zero-order valence-electron chi connectivity index (χ0n) is 10.7. The molecule has 0 unspecified atom stereocenters. The summed E-state index contributed by atoms with van der Waals surface area (Å²) in [4.78, 5) is 18.1. The summed E-state index contributed by atoms with van der Waals surface area (Å²) in [6.45, 7) is 4.16. The largest absolute Gasteiger partial charge is 0.295 e. The molecule has 0 radical (unpaired) electrons. The molecule has 0 saturated heterocycles. The van der Waals surface area contributed by atoms with E-state index in [2.05, 4.69) is 22.2 Å². The first kappa shape index (κ1) is 13.0. The van der Waals surface area contributed by atoms with Gasteiger partial charge >= 0.3 is 0 Å². The number of rotatable bonds is 6. The molecule has 0 aliphatic heterocycles. The molecule has 1 amide bonds. The molecule has 1 aromatic rings. The second-order valence-corrected chi connectivity index (χ2v) is 4.71. The van der Waals surface area contributed by atoms with E-state index in [0.717, 1.165) is 31.2 Å². The smallest absolute Gasteiger partial charge is 0.266 e. The molecule has 1 saturated carbocycles. The molecule has 0 spiro atoms. The Kier molecular flexibility index (Phi) is 4.28. The van der Waals surface area contributed by atoms with Gasteiger partial charge in [0.2, 0.25) is 0 Å². The number of hydrogen-bond donors (Lipinski definition) is 2. The third-order valence-electron chi connectivity index (χ3n) is 3.16. The van der Waals surface area contributed by atoms with Crippen molar-refractivity contribution in [1.82, 2.24) is 15.3 Å². The molecule has 98 valence electrons. The zero-order valence-corrected chi connectivity index (χ0v) is 10.7. The van der Waals surface area contributed by atoms with Crippen LogP contribution in [0.2, 0.25) is 0 Å². The van der Waals surface area contributed by atoms with Crippen molar-refractivity contribution in [1.29, 1.82) is 0 Å². The van der Waals surface area contributed by atoms with Gasteiger partial charge in [-0.05, 0) is 37.9 Å². The highest BCUT2D eigenvalue weighted by atomic mass is 16.2. The first-order valence-corrected chi connectivity index (χ1v) is 6.44. The van der Waals surface area contributed by atoms with Gasteiger partial charge in [0.05, 0.1) is 11.3 Å². The number of hydrogen-bond acceptors (Lipinski definition) is 4. The quantitative estimate of drug-likeness (QED) is 0.448. The number of nitrogens with one attached hydrogen (secondary N) is 1. The van der Waals surface area contributed by atoms with Crippen molar-refractivity contribution >= 4 is 5.91 Å². The van der Waals surface area contributed by atoms with Crippen LogP contribution in [-0.4, -0.2) is 28.4 Å². The summed E-state index contributed by atoms with van der Waals surface area (Å²) in [7, 11) is 0. The van der Waals surface area contributed by atoms with Crippen molar-refractivity contribution in [3.8, 4) is 0 Å². The van der Waals surface area contributed by atoms with E-state index in [1.165, 1.54) is 12.8 Å². The lowest BCUT2D eigenvalue weighted by Gasteiger charge is -2.20. The Bertz CT molecular complexity index is 400. The molecule has 1 aliphatic rings. The average molecular weight is 248 g/mol. The molecule has 18 heavy (non-hydrogen) atoms. The van der Waals surface area contributed by atoms with Gasteiger partial charge in [-0.15, -0.1) is 0 Å². The summed E-state index contributed by atoms with van der Waals surface area (Å²) < 4.78 is 0. The van der Waals surface area contributed by atoms with Crippen LogP contribution in [0.15, 0.2) is 18.3 Å². The molecule has 1 aliphatic carbocycles. The summed E-state index contributed by atoms with van der Waals surface area (Å²) in [6.07, 6.45) is 5.33. The van der Waals surface area contributed by atoms with Crippen molar-refractivity contribution in [2.45, 2.75) is 38.8 Å². The SMILES string of the molecule is CCCN(Cc1ccc(C(=O)NN)cn1)C1CC1. The number of aromatic nitrogens is 1.